The average Bonchev–Trinajstić information content (AvgIpc) is 2.98. The Kier molecular flexibility index (Phi) is 8.87. The number of anilines is 2. The molecule has 5 N–H and O–H groups in total. The van der Waals surface area contributed by atoms with E-state index in [-0.39, 0.29) is 29.9 Å². The maximum Gasteiger partial charge on any atom is 0.258 e. The molecular weight excluding hydrogens is 506 g/mol. The molecule has 0 saturated carbocycles. The van der Waals surface area contributed by atoms with E-state index in [0.29, 0.717) is 30.6 Å². The highest BCUT2D eigenvalue weighted by Gasteiger charge is 2.23. The normalized spacial score (nSPS) is 16.8. The number of nitrogens with zero attached hydrogens (tertiary/aromatic N) is 3. The lowest BCUT2D eigenvalue weighted by atomic mass is 9.88. The van der Waals surface area contributed by atoms with Crippen LogP contribution >= 0.6 is 0 Å². The first kappa shape index (κ1) is 27.5. The van der Waals surface area contributed by atoms with Gasteiger partial charge < -0.3 is 30.7 Å². The molecule has 5 rings (SSSR count). The molecule has 0 bridgehead atoms. The zero-order chi connectivity index (χ0) is 27.9. The highest BCUT2D eigenvalue weighted by Crippen LogP contribution is 2.31. The number of nitrogen functional groups attached to an aromatic ring is 1. The summed E-state index contributed by atoms with van der Waals surface area (Å²) in [4.78, 5) is 24.3. The summed E-state index contributed by atoms with van der Waals surface area (Å²) >= 11 is 0. The fraction of sp³-hybridized carbons (Fsp3) is 0.400. The van der Waals surface area contributed by atoms with Crippen LogP contribution in [0.2, 0.25) is 0 Å². The summed E-state index contributed by atoms with van der Waals surface area (Å²) in [5.74, 6) is 0.180. The molecule has 0 aliphatic carbocycles. The summed E-state index contributed by atoms with van der Waals surface area (Å²) in [6.45, 7) is 3.79. The number of carbonyl (C=O) groups excluding carboxylic acids is 1. The van der Waals surface area contributed by atoms with Crippen LogP contribution in [0.1, 0.15) is 58.8 Å². The maximum absolute atomic E-state index is 13.5. The van der Waals surface area contributed by atoms with Crippen molar-refractivity contribution in [1.82, 2.24) is 20.2 Å². The standard InChI is InChI=1S/C30H37N7O3/c1-37-13-8-21(9-14-37)22-4-5-24(26(17-22)34-23-10-15-39-16-11-23)30(38)36-29(32)28-25(31)6-7-27(35-28)40-19-20-3-2-12-33-18-20/h2-7,12,17-18,21,23,34H,8-11,13-16,19,31H2,1H3,(H2,32,36,38). The molecule has 0 spiro atoms. The van der Waals surface area contributed by atoms with Crippen molar-refractivity contribution in [3.05, 3.63) is 77.2 Å². The van der Waals surface area contributed by atoms with Crippen molar-refractivity contribution in [1.29, 1.82) is 5.41 Å². The number of likely N-dealkylation sites (tertiary alicyclic amines) is 1. The zero-order valence-corrected chi connectivity index (χ0v) is 22.9. The second kappa shape index (κ2) is 12.9. The third-order valence-electron chi connectivity index (χ3n) is 7.54. The van der Waals surface area contributed by atoms with Crippen LogP contribution in [-0.2, 0) is 11.3 Å². The van der Waals surface area contributed by atoms with Crippen molar-refractivity contribution in [2.75, 3.05) is 44.4 Å². The molecule has 2 aromatic heterocycles. The van der Waals surface area contributed by atoms with Gasteiger partial charge in [-0.2, -0.15) is 0 Å². The lowest BCUT2D eigenvalue weighted by molar-refractivity contribution is 0.0904. The second-order valence-corrected chi connectivity index (χ2v) is 10.5. The van der Waals surface area contributed by atoms with Crippen molar-refractivity contribution in [3.63, 3.8) is 0 Å². The first-order chi connectivity index (χ1) is 19.5. The van der Waals surface area contributed by atoms with E-state index in [4.69, 9.17) is 20.6 Å². The Labute approximate surface area is 234 Å². The lowest BCUT2D eigenvalue weighted by Gasteiger charge is -2.30. The Morgan fingerprint density at radius 3 is 2.70 bits per heavy atom. The van der Waals surface area contributed by atoms with Gasteiger partial charge in [0.1, 0.15) is 12.3 Å². The van der Waals surface area contributed by atoms with E-state index in [2.05, 4.69) is 38.6 Å². The molecule has 40 heavy (non-hydrogen) atoms. The van der Waals surface area contributed by atoms with Crippen LogP contribution in [0.3, 0.4) is 0 Å². The Hall–Kier alpha value is -4.02. The van der Waals surface area contributed by atoms with Gasteiger partial charge in [0.25, 0.3) is 5.91 Å². The molecule has 210 valence electrons. The molecule has 1 amide bonds. The average molecular weight is 544 g/mol. The molecular formula is C30H37N7O3. The summed E-state index contributed by atoms with van der Waals surface area (Å²) < 4.78 is 11.3. The molecule has 1 aromatic carbocycles. The van der Waals surface area contributed by atoms with Gasteiger partial charge in [0, 0.05) is 49.0 Å². The minimum absolute atomic E-state index is 0.152. The maximum atomic E-state index is 13.5. The molecule has 4 heterocycles. The number of piperidine rings is 1. The number of rotatable bonds is 8. The Morgan fingerprint density at radius 1 is 1.15 bits per heavy atom. The van der Waals surface area contributed by atoms with Gasteiger partial charge >= 0.3 is 0 Å². The second-order valence-electron chi connectivity index (χ2n) is 10.5. The van der Waals surface area contributed by atoms with E-state index >= 15 is 0 Å². The molecule has 2 fully saturated rings. The minimum Gasteiger partial charge on any atom is -0.473 e. The summed E-state index contributed by atoms with van der Waals surface area (Å²) in [7, 11) is 2.15. The molecule has 2 saturated heterocycles. The van der Waals surface area contributed by atoms with E-state index in [1.165, 1.54) is 5.56 Å². The molecule has 3 aromatic rings. The van der Waals surface area contributed by atoms with Gasteiger partial charge in [-0.25, -0.2) is 4.98 Å². The third kappa shape index (κ3) is 6.94. The number of pyridine rings is 2. The van der Waals surface area contributed by atoms with Crippen molar-refractivity contribution < 1.29 is 14.3 Å². The van der Waals surface area contributed by atoms with Gasteiger partial charge in [0.05, 0.1) is 11.3 Å². The Balaban J connectivity index is 1.32. The Morgan fingerprint density at radius 2 is 1.95 bits per heavy atom. The fourth-order valence-corrected chi connectivity index (χ4v) is 5.15. The summed E-state index contributed by atoms with van der Waals surface area (Å²) in [5, 5.41) is 14.9. The number of ether oxygens (including phenoxy) is 2. The molecule has 10 nitrogen and oxygen atoms in total. The van der Waals surface area contributed by atoms with Crippen molar-refractivity contribution in [3.8, 4) is 5.88 Å². The SMILES string of the molecule is CN1CCC(c2ccc(C(=O)NC(=N)c3nc(OCc4cccnc4)ccc3N)c(NC3CCOCC3)c2)CC1. The van der Waals surface area contributed by atoms with E-state index in [1.807, 2.05) is 24.3 Å². The molecule has 0 atom stereocenters. The number of nitrogens with one attached hydrogen (secondary N) is 3. The van der Waals surface area contributed by atoms with E-state index in [1.54, 1.807) is 24.5 Å². The summed E-state index contributed by atoms with van der Waals surface area (Å²) in [6, 6.07) is 13.2. The van der Waals surface area contributed by atoms with Gasteiger partial charge in [0.15, 0.2) is 5.84 Å². The smallest absolute Gasteiger partial charge is 0.258 e. The first-order valence-electron chi connectivity index (χ1n) is 13.8. The number of amidine groups is 1. The van der Waals surface area contributed by atoms with Crippen LogP contribution < -0.4 is 21.1 Å². The zero-order valence-electron chi connectivity index (χ0n) is 22.9. The monoisotopic (exact) mass is 543 g/mol. The van der Waals surface area contributed by atoms with Crippen LogP contribution in [0.25, 0.3) is 0 Å². The van der Waals surface area contributed by atoms with Gasteiger partial charge in [-0.15, -0.1) is 0 Å². The third-order valence-corrected chi connectivity index (χ3v) is 7.54. The van der Waals surface area contributed by atoms with E-state index in [9.17, 15) is 4.79 Å². The van der Waals surface area contributed by atoms with Crippen LogP contribution in [0.4, 0.5) is 11.4 Å². The number of nitrogens with two attached hydrogens (primary N) is 1. The van der Waals surface area contributed by atoms with Gasteiger partial charge in [-0.3, -0.25) is 15.2 Å². The number of carbonyl (C=O) groups is 1. The largest absolute Gasteiger partial charge is 0.473 e. The van der Waals surface area contributed by atoms with E-state index < -0.39 is 5.91 Å². The number of benzene rings is 1. The van der Waals surface area contributed by atoms with Crippen LogP contribution in [-0.4, -0.2) is 66.0 Å². The predicted octanol–water partition coefficient (Wildman–Crippen LogP) is 3.79. The predicted molar refractivity (Wildman–Crippen MR) is 155 cm³/mol. The van der Waals surface area contributed by atoms with Gasteiger partial charge in [-0.1, -0.05) is 12.1 Å². The molecule has 0 radical (unpaired) electrons. The van der Waals surface area contributed by atoms with Crippen molar-refractivity contribution in [2.24, 2.45) is 0 Å². The first-order valence-corrected chi connectivity index (χ1v) is 13.8. The fourth-order valence-electron chi connectivity index (χ4n) is 5.15. The van der Waals surface area contributed by atoms with Crippen LogP contribution in [0.5, 0.6) is 5.88 Å². The van der Waals surface area contributed by atoms with Crippen LogP contribution in [0.15, 0.2) is 54.9 Å². The number of hydrogen-bond donors (Lipinski definition) is 4. The topological polar surface area (TPSA) is 138 Å². The highest BCUT2D eigenvalue weighted by molar-refractivity contribution is 6.14. The molecule has 2 aliphatic heterocycles. The molecule has 2 aliphatic rings. The van der Waals surface area contributed by atoms with Crippen LogP contribution in [0, 0.1) is 5.41 Å². The number of hydrogen-bond acceptors (Lipinski definition) is 9. The summed E-state index contributed by atoms with van der Waals surface area (Å²) in [6.07, 6.45) is 7.34. The highest BCUT2D eigenvalue weighted by atomic mass is 16.5. The van der Waals surface area contributed by atoms with Gasteiger partial charge in [-0.05, 0) is 81.6 Å². The number of aromatic nitrogens is 2. The number of amides is 1. The van der Waals surface area contributed by atoms with E-state index in [0.717, 1.165) is 50.0 Å². The van der Waals surface area contributed by atoms with Crippen molar-refractivity contribution in [2.45, 2.75) is 44.2 Å². The Bertz CT molecular complexity index is 1320. The molecule has 0 unspecified atom stereocenters. The lowest BCUT2D eigenvalue weighted by Crippen LogP contribution is -2.34. The van der Waals surface area contributed by atoms with Crippen molar-refractivity contribution >= 4 is 23.1 Å². The summed E-state index contributed by atoms with van der Waals surface area (Å²) in [5.41, 5.74) is 9.94. The minimum atomic E-state index is -0.391. The molecule has 10 heteroatoms. The quantitative estimate of drug-likeness (QED) is 0.249. The van der Waals surface area contributed by atoms with Gasteiger partial charge in [0.2, 0.25) is 5.88 Å².